The van der Waals surface area contributed by atoms with Gasteiger partial charge in [0.25, 0.3) is 0 Å². The molecule has 0 heterocycles. The van der Waals surface area contributed by atoms with Gasteiger partial charge in [-0.25, -0.2) is 4.79 Å². The number of carboxylic acids is 1. The Bertz CT molecular complexity index is 398. The Kier molecular flexibility index (Phi) is 6.61. The van der Waals surface area contributed by atoms with E-state index in [4.69, 9.17) is 28.3 Å². The van der Waals surface area contributed by atoms with E-state index in [1.165, 1.54) is 0 Å². The monoisotopic (exact) mass is 287 g/mol. The second-order valence-corrected chi connectivity index (χ2v) is 4.38. The van der Waals surface area contributed by atoms with Crippen LogP contribution in [0.15, 0.2) is 30.3 Å². The minimum atomic E-state index is -0.954. The van der Waals surface area contributed by atoms with E-state index in [1.807, 2.05) is 24.3 Å². The standard InChI is InChI=1S/C13H15Cl2NO2/c14-7-9-16(10-8-15)12-4-1-11(2-5-12)3-6-13(17)18/h1-6H,7-10H2,(H,17,18). The molecule has 0 radical (unpaired) electrons. The largest absolute Gasteiger partial charge is 0.478 e. The summed E-state index contributed by atoms with van der Waals surface area (Å²) in [5, 5.41) is 8.53. The van der Waals surface area contributed by atoms with E-state index < -0.39 is 5.97 Å². The molecular formula is C13H15Cl2NO2. The average molecular weight is 288 g/mol. The van der Waals surface area contributed by atoms with E-state index in [2.05, 4.69) is 4.90 Å². The number of anilines is 1. The first-order valence-electron chi connectivity index (χ1n) is 5.55. The fourth-order valence-electron chi connectivity index (χ4n) is 1.54. The van der Waals surface area contributed by atoms with Crippen molar-refractivity contribution in [1.82, 2.24) is 0 Å². The van der Waals surface area contributed by atoms with Gasteiger partial charge in [-0.3, -0.25) is 0 Å². The van der Waals surface area contributed by atoms with Crippen LogP contribution in [0.25, 0.3) is 6.08 Å². The molecule has 5 heteroatoms. The molecule has 98 valence electrons. The van der Waals surface area contributed by atoms with Gasteiger partial charge in [0.05, 0.1) is 0 Å². The molecule has 0 fully saturated rings. The molecule has 0 aliphatic rings. The molecule has 1 aromatic rings. The predicted octanol–water partition coefficient (Wildman–Crippen LogP) is 3.07. The molecule has 1 rings (SSSR count). The van der Waals surface area contributed by atoms with Crippen molar-refractivity contribution >= 4 is 40.9 Å². The summed E-state index contributed by atoms with van der Waals surface area (Å²) in [5.74, 6) is 0.125. The van der Waals surface area contributed by atoms with Crippen LogP contribution in [0.2, 0.25) is 0 Å². The van der Waals surface area contributed by atoms with Crippen LogP contribution in [0, 0.1) is 0 Å². The molecule has 0 saturated heterocycles. The van der Waals surface area contributed by atoms with Crippen molar-refractivity contribution in [2.24, 2.45) is 0 Å². The molecule has 0 unspecified atom stereocenters. The van der Waals surface area contributed by atoms with Crippen molar-refractivity contribution in [3.05, 3.63) is 35.9 Å². The van der Waals surface area contributed by atoms with Crippen LogP contribution >= 0.6 is 23.2 Å². The lowest BCUT2D eigenvalue weighted by molar-refractivity contribution is -0.131. The van der Waals surface area contributed by atoms with Crippen LogP contribution in [0.4, 0.5) is 5.69 Å². The second-order valence-electron chi connectivity index (χ2n) is 3.63. The number of rotatable bonds is 7. The highest BCUT2D eigenvalue weighted by Gasteiger charge is 2.04. The summed E-state index contributed by atoms with van der Waals surface area (Å²) in [6.07, 6.45) is 2.67. The lowest BCUT2D eigenvalue weighted by Crippen LogP contribution is -2.27. The maximum Gasteiger partial charge on any atom is 0.328 e. The molecule has 0 amide bonds. The summed E-state index contributed by atoms with van der Waals surface area (Å²) < 4.78 is 0. The van der Waals surface area contributed by atoms with Gasteiger partial charge in [0.2, 0.25) is 0 Å². The van der Waals surface area contributed by atoms with Crippen molar-refractivity contribution in [2.75, 3.05) is 29.7 Å². The van der Waals surface area contributed by atoms with E-state index in [1.54, 1.807) is 6.08 Å². The minimum Gasteiger partial charge on any atom is -0.478 e. The van der Waals surface area contributed by atoms with Gasteiger partial charge in [0, 0.05) is 36.6 Å². The Labute approximate surface area is 117 Å². The maximum absolute atomic E-state index is 10.4. The Hall–Kier alpha value is -1.19. The van der Waals surface area contributed by atoms with Gasteiger partial charge in [0.1, 0.15) is 0 Å². The SMILES string of the molecule is O=C(O)C=Cc1ccc(N(CCCl)CCCl)cc1. The summed E-state index contributed by atoms with van der Waals surface area (Å²) in [5.41, 5.74) is 1.88. The number of carbonyl (C=O) groups is 1. The van der Waals surface area contributed by atoms with Crippen LogP contribution in [0.1, 0.15) is 5.56 Å². The highest BCUT2D eigenvalue weighted by molar-refractivity contribution is 6.18. The minimum absolute atomic E-state index is 0.539. The quantitative estimate of drug-likeness (QED) is 0.619. The molecule has 0 bridgehead atoms. The van der Waals surface area contributed by atoms with Gasteiger partial charge in [0.15, 0.2) is 0 Å². The molecule has 0 aliphatic heterocycles. The Morgan fingerprint density at radius 3 is 2.17 bits per heavy atom. The van der Waals surface area contributed by atoms with Crippen LogP contribution in [0.5, 0.6) is 0 Å². The molecule has 0 saturated carbocycles. The van der Waals surface area contributed by atoms with E-state index in [0.717, 1.165) is 30.4 Å². The maximum atomic E-state index is 10.4. The number of carboxylic acid groups (broad SMARTS) is 1. The zero-order valence-electron chi connectivity index (χ0n) is 9.85. The predicted molar refractivity (Wildman–Crippen MR) is 76.8 cm³/mol. The smallest absolute Gasteiger partial charge is 0.328 e. The van der Waals surface area contributed by atoms with Crippen molar-refractivity contribution in [1.29, 1.82) is 0 Å². The summed E-state index contributed by atoms with van der Waals surface area (Å²) >= 11 is 11.5. The van der Waals surface area contributed by atoms with Gasteiger partial charge >= 0.3 is 5.97 Å². The van der Waals surface area contributed by atoms with Gasteiger partial charge in [-0.05, 0) is 23.8 Å². The van der Waals surface area contributed by atoms with Crippen LogP contribution in [0.3, 0.4) is 0 Å². The van der Waals surface area contributed by atoms with Crippen molar-refractivity contribution < 1.29 is 9.90 Å². The molecule has 18 heavy (non-hydrogen) atoms. The first-order chi connectivity index (χ1) is 8.67. The van der Waals surface area contributed by atoms with E-state index in [0.29, 0.717) is 11.8 Å². The van der Waals surface area contributed by atoms with E-state index in [9.17, 15) is 4.79 Å². The Balaban J connectivity index is 2.76. The number of halogens is 2. The fraction of sp³-hybridized carbons (Fsp3) is 0.308. The molecule has 3 nitrogen and oxygen atoms in total. The Morgan fingerprint density at radius 1 is 1.17 bits per heavy atom. The molecule has 0 aliphatic carbocycles. The lowest BCUT2D eigenvalue weighted by Gasteiger charge is -2.22. The second kappa shape index (κ2) is 8.01. The molecule has 1 N–H and O–H groups in total. The van der Waals surface area contributed by atoms with Crippen LogP contribution in [-0.4, -0.2) is 35.9 Å². The van der Waals surface area contributed by atoms with Crippen molar-refractivity contribution in [2.45, 2.75) is 0 Å². The third kappa shape index (κ3) is 4.98. The van der Waals surface area contributed by atoms with E-state index in [-0.39, 0.29) is 0 Å². The number of nitrogens with zero attached hydrogens (tertiary/aromatic N) is 1. The molecule has 1 aromatic carbocycles. The Morgan fingerprint density at radius 2 is 1.72 bits per heavy atom. The number of benzene rings is 1. The van der Waals surface area contributed by atoms with Gasteiger partial charge < -0.3 is 10.0 Å². The number of aliphatic carboxylic acids is 1. The summed E-state index contributed by atoms with van der Waals surface area (Å²) in [7, 11) is 0. The van der Waals surface area contributed by atoms with Gasteiger partial charge in [-0.1, -0.05) is 12.1 Å². The summed E-state index contributed by atoms with van der Waals surface area (Å²) in [6.45, 7) is 1.47. The first-order valence-corrected chi connectivity index (χ1v) is 6.62. The van der Waals surface area contributed by atoms with Gasteiger partial charge in [-0.15, -0.1) is 23.2 Å². The summed E-state index contributed by atoms with van der Waals surface area (Å²) in [6, 6.07) is 7.59. The lowest BCUT2D eigenvalue weighted by atomic mass is 10.2. The molecule has 0 atom stereocenters. The zero-order valence-corrected chi connectivity index (χ0v) is 11.4. The first kappa shape index (κ1) is 14.9. The van der Waals surface area contributed by atoms with Gasteiger partial charge in [-0.2, -0.15) is 0 Å². The molecule has 0 aromatic heterocycles. The van der Waals surface area contributed by atoms with Crippen LogP contribution in [-0.2, 0) is 4.79 Å². The highest BCUT2D eigenvalue weighted by atomic mass is 35.5. The molecular weight excluding hydrogens is 273 g/mol. The van der Waals surface area contributed by atoms with Crippen molar-refractivity contribution in [3.63, 3.8) is 0 Å². The van der Waals surface area contributed by atoms with Crippen LogP contribution < -0.4 is 4.90 Å². The third-order valence-corrected chi connectivity index (χ3v) is 2.72. The third-order valence-electron chi connectivity index (χ3n) is 2.39. The summed E-state index contributed by atoms with van der Waals surface area (Å²) in [4.78, 5) is 12.5. The topological polar surface area (TPSA) is 40.5 Å². The van der Waals surface area contributed by atoms with E-state index >= 15 is 0 Å². The number of hydrogen-bond donors (Lipinski definition) is 1. The molecule has 0 spiro atoms. The number of hydrogen-bond acceptors (Lipinski definition) is 2. The normalized spacial score (nSPS) is 10.8. The highest BCUT2D eigenvalue weighted by Crippen LogP contribution is 2.16. The fourth-order valence-corrected chi connectivity index (χ4v) is 1.95. The van der Waals surface area contributed by atoms with Crippen molar-refractivity contribution in [3.8, 4) is 0 Å². The average Bonchev–Trinajstić information content (AvgIpc) is 2.37. The number of alkyl halides is 2. The zero-order chi connectivity index (χ0) is 13.4.